The van der Waals surface area contributed by atoms with Gasteiger partial charge >= 0.3 is 0 Å². The molecule has 0 aliphatic carbocycles. The molecule has 0 aliphatic heterocycles. The van der Waals surface area contributed by atoms with Crippen molar-refractivity contribution in [3.63, 3.8) is 0 Å². The van der Waals surface area contributed by atoms with Gasteiger partial charge in [-0.15, -0.1) is 0 Å². The molecular weight excluding hydrogens is 460 g/mol. The Kier molecular flexibility index (Phi) is 6.35. The van der Waals surface area contributed by atoms with Crippen LogP contribution >= 0.6 is 11.6 Å². The van der Waals surface area contributed by atoms with Gasteiger partial charge < -0.3 is 9.88 Å². The highest BCUT2D eigenvalue weighted by Gasteiger charge is 2.24. The average Bonchev–Trinajstić information content (AvgIpc) is 2.81. The van der Waals surface area contributed by atoms with Crippen molar-refractivity contribution in [1.82, 2.24) is 4.57 Å². The highest BCUT2D eigenvalue weighted by atomic mass is 35.5. The number of hydrogen-bond acceptors (Lipinski definition) is 4. The van der Waals surface area contributed by atoms with Crippen molar-refractivity contribution < 1.29 is 13.2 Å². The summed E-state index contributed by atoms with van der Waals surface area (Å²) in [6.07, 6.45) is 1.93. The molecule has 0 radical (unpaired) electrons. The first kappa shape index (κ1) is 22.8. The van der Waals surface area contributed by atoms with Gasteiger partial charge in [0, 0.05) is 22.3 Å². The SMILES string of the molecule is CCc1ccc2c(c1)c(=O)c(S(=O)(=O)c1ccccc1)cn2CC(=O)Nc1cccc(Cl)c1. The lowest BCUT2D eigenvalue weighted by Crippen LogP contribution is -2.24. The van der Waals surface area contributed by atoms with Crippen LogP contribution in [0.3, 0.4) is 0 Å². The van der Waals surface area contributed by atoms with E-state index < -0.39 is 15.3 Å². The molecule has 168 valence electrons. The standard InChI is InChI=1S/C25H21ClN2O4S/c1-2-17-11-12-22-21(13-17)25(30)23(33(31,32)20-9-4-3-5-10-20)15-28(22)16-24(29)27-19-8-6-7-18(26)14-19/h3-15H,2,16H2,1H3,(H,27,29). The molecule has 8 heteroatoms. The van der Waals surface area contributed by atoms with E-state index in [1.165, 1.54) is 22.9 Å². The van der Waals surface area contributed by atoms with Crippen molar-refractivity contribution in [3.8, 4) is 0 Å². The van der Waals surface area contributed by atoms with Gasteiger partial charge in [-0.25, -0.2) is 8.42 Å². The Morgan fingerprint density at radius 2 is 1.76 bits per heavy atom. The van der Waals surface area contributed by atoms with Gasteiger partial charge in [-0.05, 0) is 54.4 Å². The fraction of sp³-hybridized carbons (Fsp3) is 0.120. The van der Waals surface area contributed by atoms with Crippen molar-refractivity contribution in [2.45, 2.75) is 29.7 Å². The van der Waals surface area contributed by atoms with Crippen molar-refractivity contribution in [1.29, 1.82) is 0 Å². The number of benzene rings is 3. The molecule has 0 unspecified atom stereocenters. The van der Waals surface area contributed by atoms with E-state index in [2.05, 4.69) is 5.32 Å². The van der Waals surface area contributed by atoms with Gasteiger partial charge in [0.15, 0.2) is 0 Å². The summed E-state index contributed by atoms with van der Waals surface area (Å²) in [6, 6.07) is 19.8. The molecule has 1 N–H and O–H groups in total. The zero-order chi connectivity index (χ0) is 23.6. The van der Waals surface area contributed by atoms with Crippen LogP contribution in [0.5, 0.6) is 0 Å². The first-order chi connectivity index (χ1) is 15.8. The van der Waals surface area contributed by atoms with Crippen molar-refractivity contribution >= 4 is 43.9 Å². The number of carbonyl (C=O) groups excluding carboxylic acids is 1. The largest absolute Gasteiger partial charge is 0.336 e. The molecule has 3 aromatic carbocycles. The molecule has 33 heavy (non-hydrogen) atoms. The van der Waals surface area contributed by atoms with E-state index in [-0.39, 0.29) is 27.6 Å². The first-order valence-electron chi connectivity index (χ1n) is 10.3. The molecule has 4 aromatic rings. The van der Waals surface area contributed by atoms with Crippen molar-refractivity contribution in [2.75, 3.05) is 5.32 Å². The fourth-order valence-electron chi connectivity index (χ4n) is 3.61. The molecule has 4 rings (SSSR count). The van der Waals surface area contributed by atoms with Gasteiger partial charge in [0.05, 0.1) is 10.4 Å². The third kappa shape index (κ3) is 4.69. The Labute approximate surface area is 196 Å². The Balaban J connectivity index is 1.84. The minimum Gasteiger partial charge on any atom is -0.336 e. The quantitative estimate of drug-likeness (QED) is 0.434. The maximum absolute atomic E-state index is 13.3. The van der Waals surface area contributed by atoms with E-state index in [4.69, 9.17) is 11.6 Å². The molecule has 1 amide bonds. The lowest BCUT2D eigenvalue weighted by Gasteiger charge is -2.15. The number of fused-ring (bicyclic) bond motifs is 1. The monoisotopic (exact) mass is 480 g/mol. The number of aromatic nitrogens is 1. The minimum absolute atomic E-state index is 0.0167. The molecule has 0 spiro atoms. The molecule has 1 heterocycles. The van der Waals surface area contributed by atoms with E-state index in [1.54, 1.807) is 54.6 Å². The number of aryl methyl sites for hydroxylation is 1. The molecule has 0 aliphatic rings. The van der Waals surface area contributed by atoms with E-state index in [0.717, 1.165) is 5.56 Å². The summed E-state index contributed by atoms with van der Waals surface area (Å²) in [5, 5.41) is 3.48. The highest BCUT2D eigenvalue weighted by molar-refractivity contribution is 7.91. The summed E-state index contributed by atoms with van der Waals surface area (Å²) >= 11 is 5.98. The summed E-state index contributed by atoms with van der Waals surface area (Å²) in [4.78, 5) is 25.7. The van der Waals surface area contributed by atoms with Gasteiger partial charge in [0.2, 0.25) is 21.2 Å². The van der Waals surface area contributed by atoms with Crippen LogP contribution in [0.4, 0.5) is 5.69 Å². The second kappa shape index (κ2) is 9.21. The van der Waals surface area contributed by atoms with E-state index >= 15 is 0 Å². The number of anilines is 1. The fourth-order valence-corrected chi connectivity index (χ4v) is 5.19. The third-order valence-electron chi connectivity index (χ3n) is 5.29. The van der Waals surface area contributed by atoms with Crippen LogP contribution in [0.25, 0.3) is 10.9 Å². The predicted molar refractivity (Wildman–Crippen MR) is 130 cm³/mol. The average molecular weight is 481 g/mol. The topological polar surface area (TPSA) is 85.2 Å². The number of hydrogen-bond donors (Lipinski definition) is 1. The van der Waals surface area contributed by atoms with Crippen LogP contribution in [0.2, 0.25) is 5.02 Å². The van der Waals surface area contributed by atoms with Crippen LogP contribution in [0.1, 0.15) is 12.5 Å². The number of carbonyl (C=O) groups is 1. The number of sulfone groups is 1. The lowest BCUT2D eigenvalue weighted by atomic mass is 10.1. The normalized spacial score (nSPS) is 11.5. The van der Waals surface area contributed by atoms with Crippen molar-refractivity contribution in [2.24, 2.45) is 0 Å². The van der Waals surface area contributed by atoms with E-state index in [9.17, 15) is 18.0 Å². The number of pyridine rings is 1. The summed E-state index contributed by atoms with van der Waals surface area (Å²) in [7, 11) is -4.09. The second-order valence-electron chi connectivity index (χ2n) is 7.53. The number of amides is 1. The maximum atomic E-state index is 13.3. The van der Waals surface area contributed by atoms with Gasteiger partial charge in [-0.1, -0.05) is 48.9 Å². The molecule has 1 aromatic heterocycles. The van der Waals surface area contributed by atoms with Crippen LogP contribution in [-0.2, 0) is 27.6 Å². The molecule has 0 saturated heterocycles. The highest BCUT2D eigenvalue weighted by Crippen LogP contribution is 2.22. The van der Waals surface area contributed by atoms with Crippen LogP contribution < -0.4 is 10.7 Å². The van der Waals surface area contributed by atoms with Crippen LogP contribution in [0.15, 0.2) is 93.6 Å². The van der Waals surface area contributed by atoms with Crippen molar-refractivity contribution in [3.05, 3.63) is 99.8 Å². The van der Waals surface area contributed by atoms with E-state index in [1.807, 2.05) is 13.0 Å². The molecule has 0 fully saturated rings. The Bertz CT molecular complexity index is 1510. The zero-order valence-electron chi connectivity index (χ0n) is 17.8. The number of halogens is 1. The number of nitrogens with one attached hydrogen (secondary N) is 1. The summed E-state index contributed by atoms with van der Waals surface area (Å²) in [5.41, 5.74) is 1.30. The summed E-state index contributed by atoms with van der Waals surface area (Å²) < 4.78 is 28.1. The van der Waals surface area contributed by atoms with Gasteiger partial charge in [0.25, 0.3) is 0 Å². The molecule has 6 nitrogen and oxygen atoms in total. The summed E-state index contributed by atoms with van der Waals surface area (Å²) in [6.45, 7) is 1.76. The minimum atomic E-state index is -4.09. The zero-order valence-corrected chi connectivity index (χ0v) is 19.4. The third-order valence-corrected chi connectivity index (χ3v) is 7.28. The number of nitrogens with zero attached hydrogens (tertiary/aromatic N) is 1. The second-order valence-corrected chi connectivity index (χ2v) is 9.88. The predicted octanol–water partition coefficient (Wildman–Crippen LogP) is 4.69. The molecular formula is C25H21ClN2O4S. The molecule has 0 bridgehead atoms. The summed E-state index contributed by atoms with van der Waals surface area (Å²) in [5.74, 6) is -0.384. The van der Waals surface area contributed by atoms with Gasteiger partial charge in [-0.2, -0.15) is 0 Å². The Hall–Kier alpha value is -3.42. The molecule has 0 atom stereocenters. The first-order valence-corrected chi connectivity index (χ1v) is 12.2. The van der Waals surface area contributed by atoms with Crippen LogP contribution in [-0.4, -0.2) is 18.9 Å². The van der Waals surface area contributed by atoms with E-state index in [0.29, 0.717) is 22.6 Å². The van der Waals surface area contributed by atoms with Gasteiger partial charge in [-0.3, -0.25) is 9.59 Å². The molecule has 0 saturated carbocycles. The van der Waals surface area contributed by atoms with Gasteiger partial charge in [0.1, 0.15) is 11.4 Å². The Morgan fingerprint density at radius 3 is 2.45 bits per heavy atom. The number of rotatable bonds is 6. The smallest absolute Gasteiger partial charge is 0.244 e. The Morgan fingerprint density at radius 1 is 1.00 bits per heavy atom. The maximum Gasteiger partial charge on any atom is 0.244 e. The lowest BCUT2D eigenvalue weighted by molar-refractivity contribution is -0.116. The van der Waals surface area contributed by atoms with Crippen LogP contribution in [0, 0.1) is 0 Å².